The van der Waals surface area contributed by atoms with Gasteiger partial charge in [-0.1, -0.05) is 77.9 Å². The number of carboxylic acid groups (broad SMARTS) is 2. The van der Waals surface area contributed by atoms with Crippen LogP contribution in [0, 0.1) is 13.8 Å². The zero-order valence-corrected chi connectivity index (χ0v) is 27.1. The number of nitrogens with one attached hydrogen (secondary N) is 1. The highest BCUT2D eigenvalue weighted by Gasteiger charge is 2.41. The predicted molar refractivity (Wildman–Crippen MR) is 178 cm³/mol. The first-order valence-corrected chi connectivity index (χ1v) is 15.5. The van der Waals surface area contributed by atoms with Crippen LogP contribution in [0.3, 0.4) is 0 Å². The Kier molecular flexibility index (Phi) is 12.5. The fraction of sp³-hybridized carbons (Fsp3) is 0.263. The molecule has 1 aliphatic rings. The van der Waals surface area contributed by atoms with E-state index >= 15 is 0 Å². The van der Waals surface area contributed by atoms with Crippen molar-refractivity contribution >= 4 is 23.9 Å². The van der Waals surface area contributed by atoms with E-state index in [-0.39, 0.29) is 11.1 Å². The number of carboxylic acids is 2. The Bertz CT molecular complexity index is 1610. The molecule has 4 aromatic carbocycles. The lowest BCUT2D eigenvalue weighted by Crippen LogP contribution is -2.45. The molecule has 48 heavy (non-hydrogen) atoms. The first kappa shape index (κ1) is 35.4. The number of hydrogen-bond acceptors (Lipinski definition) is 8. The lowest BCUT2D eigenvalue weighted by Gasteiger charge is -2.27. The molecule has 0 spiro atoms. The third-order valence-electron chi connectivity index (χ3n) is 7.90. The SMILES string of the molecule is COc1cccc2c1CC(NCc1ccccc1)CC2.Cc1ccc(C(=O)O[C@H](C(=O)O)[C@H](OC(=O)c2ccc(C)cc2)C(=O)O)cc1. The normalized spacial score (nSPS) is 14.6. The van der Waals surface area contributed by atoms with E-state index in [1.165, 1.54) is 47.4 Å². The van der Waals surface area contributed by atoms with Crippen molar-refractivity contribution < 1.29 is 43.6 Å². The Balaban J connectivity index is 0.000000228. The molecule has 0 fully saturated rings. The molecule has 10 heteroatoms. The van der Waals surface area contributed by atoms with Crippen molar-refractivity contribution in [2.75, 3.05) is 7.11 Å². The monoisotopic (exact) mass is 653 g/mol. The molecule has 3 atom stereocenters. The maximum absolute atomic E-state index is 12.2. The second-order valence-electron chi connectivity index (χ2n) is 11.5. The summed E-state index contributed by atoms with van der Waals surface area (Å²) in [7, 11) is 1.76. The molecule has 0 amide bonds. The molecule has 0 aromatic heterocycles. The van der Waals surface area contributed by atoms with Crippen LogP contribution in [-0.2, 0) is 38.4 Å². The summed E-state index contributed by atoms with van der Waals surface area (Å²) < 4.78 is 15.1. The van der Waals surface area contributed by atoms with Crippen LogP contribution in [-0.4, -0.2) is 59.4 Å². The first-order valence-electron chi connectivity index (χ1n) is 15.5. The van der Waals surface area contributed by atoms with Crippen LogP contribution in [0.4, 0.5) is 0 Å². The summed E-state index contributed by atoms with van der Waals surface area (Å²) in [6.45, 7) is 4.52. The van der Waals surface area contributed by atoms with Crippen molar-refractivity contribution in [3.05, 3.63) is 136 Å². The number of benzene rings is 4. The second kappa shape index (κ2) is 16.9. The van der Waals surface area contributed by atoms with Gasteiger partial charge in [0.05, 0.1) is 18.2 Å². The van der Waals surface area contributed by atoms with Crippen molar-refractivity contribution in [1.29, 1.82) is 0 Å². The molecule has 3 N–H and O–H groups in total. The summed E-state index contributed by atoms with van der Waals surface area (Å²) in [5, 5.41) is 22.3. The van der Waals surface area contributed by atoms with Crippen molar-refractivity contribution in [1.82, 2.24) is 5.32 Å². The van der Waals surface area contributed by atoms with E-state index in [0.29, 0.717) is 6.04 Å². The molecule has 1 unspecified atom stereocenters. The number of aliphatic carboxylic acids is 2. The molecule has 0 heterocycles. The highest BCUT2D eigenvalue weighted by Crippen LogP contribution is 2.29. The molecule has 0 radical (unpaired) electrons. The van der Waals surface area contributed by atoms with E-state index in [1.54, 1.807) is 45.2 Å². The summed E-state index contributed by atoms with van der Waals surface area (Å²) in [5.74, 6) is -4.59. The van der Waals surface area contributed by atoms with Crippen LogP contribution in [0.2, 0.25) is 0 Å². The highest BCUT2D eigenvalue weighted by molar-refractivity contribution is 5.95. The topological polar surface area (TPSA) is 148 Å². The van der Waals surface area contributed by atoms with Crippen molar-refractivity contribution in [3.8, 4) is 5.75 Å². The molecule has 0 saturated carbocycles. The van der Waals surface area contributed by atoms with Gasteiger partial charge < -0.3 is 29.7 Å². The lowest BCUT2D eigenvalue weighted by atomic mass is 9.87. The van der Waals surface area contributed by atoms with E-state index in [4.69, 9.17) is 14.2 Å². The zero-order valence-electron chi connectivity index (χ0n) is 27.1. The van der Waals surface area contributed by atoms with Crippen LogP contribution in [0.15, 0.2) is 97.1 Å². The van der Waals surface area contributed by atoms with Gasteiger partial charge in [-0.3, -0.25) is 0 Å². The Hall–Kier alpha value is -5.48. The minimum absolute atomic E-state index is 0.0332. The van der Waals surface area contributed by atoms with E-state index in [9.17, 15) is 29.4 Å². The summed E-state index contributed by atoms with van der Waals surface area (Å²) in [6, 6.07) is 29.6. The van der Waals surface area contributed by atoms with Crippen LogP contribution in [0.5, 0.6) is 5.75 Å². The quantitative estimate of drug-likeness (QED) is 0.176. The molecule has 0 aliphatic heterocycles. The van der Waals surface area contributed by atoms with Crippen molar-refractivity contribution in [3.63, 3.8) is 0 Å². The number of carbonyl (C=O) groups is 4. The summed E-state index contributed by atoms with van der Waals surface area (Å²) in [4.78, 5) is 47.3. The van der Waals surface area contributed by atoms with Gasteiger partial charge >= 0.3 is 23.9 Å². The summed E-state index contributed by atoms with van der Waals surface area (Å²) >= 11 is 0. The van der Waals surface area contributed by atoms with Gasteiger partial charge in [0, 0.05) is 12.6 Å². The molecule has 1 aliphatic carbocycles. The molecule has 0 saturated heterocycles. The average molecular weight is 654 g/mol. The Morgan fingerprint density at radius 3 is 1.73 bits per heavy atom. The maximum atomic E-state index is 12.2. The fourth-order valence-corrected chi connectivity index (χ4v) is 5.21. The summed E-state index contributed by atoms with van der Waals surface area (Å²) in [6.07, 6.45) is -1.04. The highest BCUT2D eigenvalue weighted by atomic mass is 16.6. The molecular formula is C38H39NO9. The van der Waals surface area contributed by atoms with Crippen molar-refractivity contribution in [2.24, 2.45) is 0 Å². The Morgan fingerprint density at radius 2 is 1.25 bits per heavy atom. The molecule has 5 rings (SSSR count). The Morgan fingerprint density at radius 1 is 0.729 bits per heavy atom. The first-order chi connectivity index (χ1) is 23.0. The number of esters is 2. The van der Waals surface area contributed by atoms with Crippen molar-refractivity contribution in [2.45, 2.75) is 57.9 Å². The average Bonchev–Trinajstić information content (AvgIpc) is 3.09. The number of aryl methyl sites for hydroxylation is 3. The third kappa shape index (κ3) is 9.76. The van der Waals surface area contributed by atoms with E-state index < -0.39 is 36.1 Å². The molecule has 250 valence electrons. The van der Waals surface area contributed by atoms with Gasteiger partial charge in [-0.15, -0.1) is 0 Å². The van der Waals surface area contributed by atoms with Gasteiger partial charge in [0.1, 0.15) is 5.75 Å². The molecular weight excluding hydrogens is 614 g/mol. The minimum Gasteiger partial charge on any atom is -0.496 e. The molecule has 0 bridgehead atoms. The summed E-state index contributed by atoms with van der Waals surface area (Å²) in [5.41, 5.74) is 5.97. The van der Waals surface area contributed by atoms with Gasteiger partial charge in [0.2, 0.25) is 12.2 Å². The van der Waals surface area contributed by atoms with Crippen LogP contribution >= 0.6 is 0 Å². The number of ether oxygens (including phenoxy) is 3. The van der Waals surface area contributed by atoms with E-state index in [2.05, 4.69) is 53.8 Å². The van der Waals surface area contributed by atoms with Gasteiger partial charge in [-0.2, -0.15) is 0 Å². The number of rotatable bonds is 11. The maximum Gasteiger partial charge on any atom is 0.349 e. The number of carbonyl (C=O) groups excluding carboxylic acids is 2. The van der Waals surface area contributed by atoms with Crippen LogP contribution in [0.1, 0.15) is 55.0 Å². The lowest BCUT2D eigenvalue weighted by molar-refractivity contribution is -0.166. The van der Waals surface area contributed by atoms with Crippen LogP contribution < -0.4 is 10.1 Å². The van der Waals surface area contributed by atoms with Gasteiger partial charge in [0.25, 0.3) is 0 Å². The van der Waals surface area contributed by atoms with Crippen LogP contribution in [0.25, 0.3) is 0 Å². The number of methoxy groups -OCH3 is 1. The smallest absolute Gasteiger partial charge is 0.349 e. The molecule has 10 nitrogen and oxygen atoms in total. The fourth-order valence-electron chi connectivity index (χ4n) is 5.21. The molecule has 4 aromatic rings. The number of fused-ring (bicyclic) bond motifs is 1. The van der Waals surface area contributed by atoms with E-state index in [0.717, 1.165) is 36.3 Å². The van der Waals surface area contributed by atoms with Gasteiger partial charge in [0.15, 0.2) is 0 Å². The van der Waals surface area contributed by atoms with E-state index in [1.807, 2.05) is 0 Å². The predicted octanol–water partition coefficient (Wildman–Crippen LogP) is 5.57. The zero-order chi connectivity index (χ0) is 34.6. The third-order valence-corrected chi connectivity index (χ3v) is 7.90. The van der Waals surface area contributed by atoms with Gasteiger partial charge in [-0.05, 0) is 80.1 Å². The minimum atomic E-state index is -2.22. The standard InChI is InChI=1S/C20H18O8.C18H21NO/c1-11-3-7-13(8-4-11)19(25)27-15(17(21)22)16(18(23)24)28-20(26)14-9-5-12(2)6-10-14;1-20-18-9-5-8-15-10-11-16(12-17(15)18)19-13-14-6-3-2-4-7-14/h3-10,15-16H,1-2H3,(H,21,22)(H,23,24);2-9,16,19H,10-13H2,1H3/t15-,16-;/m0./s1. The van der Waals surface area contributed by atoms with Gasteiger partial charge in [-0.25, -0.2) is 19.2 Å². The largest absolute Gasteiger partial charge is 0.496 e. The number of hydrogen-bond donors (Lipinski definition) is 3. The second-order valence-corrected chi connectivity index (χ2v) is 11.5. The Labute approximate surface area is 279 Å².